The molecule has 4 aliphatic rings. The van der Waals surface area contributed by atoms with Gasteiger partial charge in [0.1, 0.15) is 5.60 Å². The van der Waals surface area contributed by atoms with E-state index in [-0.39, 0.29) is 5.60 Å². The molecule has 6 heterocycles. The minimum Gasteiger partial charge on any atom is -0.469 e. The van der Waals surface area contributed by atoms with Gasteiger partial charge in [0.15, 0.2) is 0 Å². The molecule has 1 spiro atoms. The molecule has 3 saturated heterocycles. The highest BCUT2D eigenvalue weighted by Gasteiger charge is 2.52. The predicted octanol–water partition coefficient (Wildman–Crippen LogP) is 3.00. The summed E-state index contributed by atoms with van der Waals surface area (Å²) in [5, 5.41) is 3.44. The van der Waals surface area contributed by atoms with Gasteiger partial charge in [-0.15, -0.1) is 0 Å². The van der Waals surface area contributed by atoms with Crippen LogP contribution in [0.4, 0.5) is 5.69 Å². The minimum atomic E-state index is -0.0221. The zero-order chi connectivity index (χ0) is 17.4. The standard InChI is InChI=1S/C21H24N4O/c1(2-16-3-8-22-9-4-16)7-23-19-12-17-13-21(26-20(17)24-14-19)15-25-10-5-18(21)6-11-25/h1-4,8-9,12,14,18,23H,5-7,10-11,13,15H2/b2-1+/t21-/m0/s1. The molecule has 2 bridgehead atoms. The van der Waals surface area contributed by atoms with Crippen LogP contribution in [0.15, 0.2) is 42.9 Å². The Hall–Kier alpha value is -2.40. The lowest BCUT2D eigenvalue weighted by molar-refractivity contribution is -0.0814. The number of piperidine rings is 3. The van der Waals surface area contributed by atoms with E-state index in [9.17, 15) is 0 Å². The van der Waals surface area contributed by atoms with Crippen molar-refractivity contribution in [3.63, 3.8) is 0 Å². The lowest BCUT2D eigenvalue weighted by Crippen LogP contribution is -2.61. The maximum Gasteiger partial charge on any atom is 0.217 e. The molecule has 0 aromatic carbocycles. The molecule has 3 fully saturated rings. The number of anilines is 1. The van der Waals surface area contributed by atoms with Gasteiger partial charge < -0.3 is 10.1 Å². The van der Waals surface area contributed by atoms with Crippen LogP contribution in [0.3, 0.4) is 0 Å². The first-order valence-electron chi connectivity index (χ1n) is 9.51. The van der Waals surface area contributed by atoms with Crippen molar-refractivity contribution >= 4 is 11.8 Å². The first kappa shape index (κ1) is 15.8. The normalized spacial score (nSPS) is 29.1. The molecule has 5 nitrogen and oxygen atoms in total. The van der Waals surface area contributed by atoms with Crippen LogP contribution >= 0.6 is 0 Å². The smallest absolute Gasteiger partial charge is 0.217 e. The van der Waals surface area contributed by atoms with Crippen LogP contribution in [-0.2, 0) is 6.42 Å². The molecule has 0 radical (unpaired) electrons. The Labute approximate surface area is 154 Å². The Bertz CT molecular complexity index is 814. The molecule has 1 atom stereocenters. The van der Waals surface area contributed by atoms with E-state index in [1.54, 1.807) is 0 Å². The number of hydrogen-bond donors (Lipinski definition) is 1. The lowest BCUT2D eigenvalue weighted by atomic mass is 9.73. The topological polar surface area (TPSA) is 50.3 Å². The zero-order valence-corrected chi connectivity index (χ0v) is 14.9. The Balaban J connectivity index is 1.24. The molecule has 2 aromatic rings. The average molecular weight is 348 g/mol. The van der Waals surface area contributed by atoms with Crippen molar-refractivity contribution in [1.29, 1.82) is 0 Å². The quantitative estimate of drug-likeness (QED) is 0.920. The first-order chi connectivity index (χ1) is 12.8. The number of fused-ring (bicyclic) bond motifs is 3. The highest BCUT2D eigenvalue weighted by Crippen LogP contribution is 2.46. The van der Waals surface area contributed by atoms with Crippen molar-refractivity contribution in [2.24, 2.45) is 5.92 Å². The summed E-state index contributed by atoms with van der Waals surface area (Å²) in [7, 11) is 0. The highest BCUT2D eigenvalue weighted by molar-refractivity contribution is 5.52. The summed E-state index contributed by atoms with van der Waals surface area (Å²) in [4.78, 5) is 11.2. The second-order valence-corrected chi connectivity index (χ2v) is 7.65. The third-order valence-electron chi connectivity index (χ3n) is 5.98. The van der Waals surface area contributed by atoms with Crippen molar-refractivity contribution in [1.82, 2.24) is 14.9 Å². The Morgan fingerprint density at radius 1 is 1.27 bits per heavy atom. The lowest BCUT2D eigenvalue weighted by Gasteiger charge is -2.50. The summed E-state index contributed by atoms with van der Waals surface area (Å²) in [5.74, 6) is 1.53. The van der Waals surface area contributed by atoms with E-state index in [4.69, 9.17) is 4.74 Å². The fourth-order valence-electron chi connectivity index (χ4n) is 4.65. The second-order valence-electron chi connectivity index (χ2n) is 7.65. The van der Waals surface area contributed by atoms with Gasteiger partial charge in [-0.3, -0.25) is 9.88 Å². The van der Waals surface area contributed by atoms with E-state index >= 15 is 0 Å². The van der Waals surface area contributed by atoms with Crippen molar-refractivity contribution in [3.05, 3.63) is 54.0 Å². The molecular weight excluding hydrogens is 324 g/mol. The van der Waals surface area contributed by atoms with Crippen LogP contribution in [0.5, 0.6) is 5.88 Å². The monoisotopic (exact) mass is 348 g/mol. The van der Waals surface area contributed by atoms with Gasteiger partial charge >= 0.3 is 0 Å². The number of ether oxygens (including phenoxy) is 1. The summed E-state index contributed by atoms with van der Waals surface area (Å²) in [6.07, 6.45) is 13.2. The maximum atomic E-state index is 6.41. The van der Waals surface area contributed by atoms with Gasteiger partial charge in [0.05, 0.1) is 11.9 Å². The molecular formula is C21H24N4O. The SMILES string of the molecule is C(=C\c1ccncc1)/CNc1cnc2c(c1)C[C@@]1(CN3CCC1CC3)O2. The van der Waals surface area contributed by atoms with Crippen molar-refractivity contribution in [3.8, 4) is 5.88 Å². The van der Waals surface area contributed by atoms with Crippen LogP contribution in [0, 0.1) is 5.92 Å². The van der Waals surface area contributed by atoms with E-state index in [2.05, 4.69) is 38.4 Å². The number of nitrogens with zero attached hydrogens (tertiary/aromatic N) is 3. The van der Waals surface area contributed by atoms with Crippen molar-refractivity contribution < 1.29 is 4.74 Å². The minimum absolute atomic E-state index is 0.0221. The number of hydrogen-bond acceptors (Lipinski definition) is 5. The van der Waals surface area contributed by atoms with Crippen LogP contribution in [0.1, 0.15) is 24.0 Å². The summed E-state index contributed by atoms with van der Waals surface area (Å²) in [6.45, 7) is 4.29. The van der Waals surface area contributed by atoms with Crippen LogP contribution in [0.2, 0.25) is 0 Å². The molecule has 5 heteroatoms. The highest BCUT2D eigenvalue weighted by atomic mass is 16.5. The molecule has 2 aromatic heterocycles. The van der Waals surface area contributed by atoms with E-state index in [1.807, 2.05) is 30.7 Å². The van der Waals surface area contributed by atoms with Crippen LogP contribution in [-0.4, -0.2) is 46.6 Å². The predicted molar refractivity (Wildman–Crippen MR) is 102 cm³/mol. The molecule has 6 rings (SSSR count). The van der Waals surface area contributed by atoms with E-state index < -0.39 is 0 Å². The summed E-state index contributed by atoms with van der Waals surface area (Å²) in [6, 6.07) is 6.21. The Morgan fingerprint density at radius 2 is 2.12 bits per heavy atom. The van der Waals surface area contributed by atoms with Crippen LogP contribution < -0.4 is 10.1 Å². The second kappa shape index (κ2) is 6.40. The zero-order valence-electron chi connectivity index (χ0n) is 14.9. The van der Waals surface area contributed by atoms with Gasteiger partial charge in [0.2, 0.25) is 5.88 Å². The van der Waals surface area contributed by atoms with Gasteiger partial charge in [0.25, 0.3) is 0 Å². The molecule has 1 N–H and O–H groups in total. The molecule has 0 unspecified atom stereocenters. The van der Waals surface area contributed by atoms with Gasteiger partial charge in [-0.1, -0.05) is 12.2 Å². The summed E-state index contributed by atoms with van der Waals surface area (Å²) >= 11 is 0. The van der Waals surface area contributed by atoms with E-state index in [0.717, 1.165) is 36.6 Å². The Morgan fingerprint density at radius 3 is 2.88 bits per heavy atom. The summed E-state index contributed by atoms with van der Waals surface area (Å²) < 4.78 is 6.41. The van der Waals surface area contributed by atoms with Gasteiger partial charge in [0, 0.05) is 43.4 Å². The number of pyridine rings is 2. The molecule has 26 heavy (non-hydrogen) atoms. The van der Waals surface area contributed by atoms with Gasteiger partial charge in [-0.2, -0.15) is 0 Å². The van der Waals surface area contributed by atoms with Gasteiger partial charge in [-0.25, -0.2) is 4.98 Å². The molecule has 0 saturated carbocycles. The fourth-order valence-corrected chi connectivity index (χ4v) is 4.65. The fraction of sp³-hybridized carbons (Fsp3) is 0.429. The molecule has 0 aliphatic carbocycles. The number of rotatable bonds is 4. The van der Waals surface area contributed by atoms with E-state index in [1.165, 1.54) is 31.5 Å². The maximum absolute atomic E-state index is 6.41. The molecule has 0 amide bonds. The third-order valence-corrected chi connectivity index (χ3v) is 5.98. The largest absolute Gasteiger partial charge is 0.469 e. The van der Waals surface area contributed by atoms with Crippen LogP contribution in [0.25, 0.3) is 6.08 Å². The molecule has 134 valence electrons. The van der Waals surface area contributed by atoms with Crippen molar-refractivity contribution in [2.75, 3.05) is 31.5 Å². The number of aromatic nitrogens is 2. The average Bonchev–Trinajstić information content (AvgIpc) is 3.03. The van der Waals surface area contributed by atoms with Gasteiger partial charge in [-0.05, 0) is 49.7 Å². The van der Waals surface area contributed by atoms with Crippen molar-refractivity contribution in [2.45, 2.75) is 24.9 Å². The Kier molecular flexibility index (Phi) is 3.89. The molecule has 4 aliphatic heterocycles. The first-order valence-corrected chi connectivity index (χ1v) is 9.51. The third kappa shape index (κ3) is 2.86. The summed E-state index contributed by atoms with van der Waals surface area (Å²) in [5.41, 5.74) is 3.45. The van der Waals surface area contributed by atoms with E-state index in [0.29, 0.717) is 5.92 Å². The number of nitrogens with one attached hydrogen (secondary N) is 1.